The lowest BCUT2D eigenvalue weighted by Crippen LogP contribution is -2.77. The van der Waals surface area contributed by atoms with Gasteiger partial charge in [-0.15, -0.1) is 0 Å². The highest BCUT2D eigenvalue weighted by molar-refractivity contribution is 7.91. The molecule has 0 aromatic heterocycles. The highest BCUT2D eigenvalue weighted by Crippen LogP contribution is 2.52. The maximum absolute atomic E-state index is 13.4. The summed E-state index contributed by atoms with van der Waals surface area (Å²) in [6, 6.07) is 0. The summed E-state index contributed by atoms with van der Waals surface area (Å²) >= 11 is 0. The zero-order valence-electron chi connectivity index (χ0n) is 25.9. The van der Waals surface area contributed by atoms with Crippen LogP contribution in [0.25, 0.3) is 0 Å². The van der Waals surface area contributed by atoms with Crippen molar-refractivity contribution in [3.63, 3.8) is 0 Å². The van der Waals surface area contributed by atoms with Crippen LogP contribution in [0.1, 0.15) is 51.4 Å². The van der Waals surface area contributed by atoms with Crippen LogP contribution in [-0.4, -0.2) is 134 Å². The second-order valence-corrected chi connectivity index (χ2v) is 18.8. The van der Waals surface area contributed by atoms with Gasteiger partial charge in [-0.25, -0.2) is 29.6 Å². The summed E-state index contributed by atoms with van der Waals surface area (Å²) < 4.78 is 105. The summed E-state index contributed by atoms with van der Waals surface area (Å²) in [5.74, 6) is -2.36. The molecule has 258 valence electrons. The number of aliphatic hydroxyl groups is 2. The first-order valence-electron chi connectivity index (χ1n) is 15.4. The van der Waals surface area contributed by atoms with E-state index < -0.39 is 76.4 Å². The fraction of sp³-hybridized carbons (Fsp3) is 1.00. The second kappa shape index (κ2) is 14.3. The number of hydrogen-bond acceptors (Lipinski definition) is 12. The Labute approximate surface area is 262 Å². The average molecular weight is 691 g/mol. The third-order valence-corrected chi connectivity index (χ3v) is 13.0. The average Bonchev–Trinajstić information content (AvgIpc) is 2.98. The lowest BCUT2D eigenvalue weighted by molar-refractivity contribution is -0.305. The van der Waals surface area contributed by atoms with Crippen molar-refractivity contribution < 1.29 is 54.4 Å². The zero-order chi connectivity index (χ0) is 32.4. The van der Waals surface area contributed by atoms with Gasteiger partial charge in [-0.1, -0.05) is 0 Å². The summed E-state index contributed by atoms with van der Waals surface area (Å²) in [5, 5.41) is 24.8. The van der Waals surface area contributed by atoms with Crippen LogP contribution in [-0.2, 0) is 48.8 Å². The van der Waals surface area contributed by atoms with Gasteiger partial charge in [0.25, 0.3) is 0 Å². The van der Waals surface area contributed by atoms with Crippen LogP contribution in [0.4, 0.5) is 0 Å². The molecule has 4 atom stereocenters. The molecule has 0 bridgehead atoms. The Hall–Kier alpha value is -0.470. The Morgan fingerprint density at radius 3 is 1.59 bits per heavy atom. The molecule has 44 heavy (non-hydrogen) atoms. The van der Waals surface area contributed by atoms with Gasteiger partial charge in [0.15, 0.2) is 21.0 Å². The molecule has 4 heterocycles. The molecule has 4 aliphatic heterocycles. The van der Waals surface area contributed by atoms with E-state index in [1.807, 2.05) is 0 Å². The lowest BCUT2D eigenvalue weighted by Gasteiger charge is -2.60. The topological polar surface area (TPSA) is 195 Å². The van der Waals surface area contributed by atoms with Gasteiger partial charge >= 0.3 is 0 Å². The molecule has 4 rings (SSSR count). The van der Waals surface area contributed by atoms with Crippen molar-refractivity contribution in [2.75, 3.05) is 71.5 Å². The normalized spacial score (nSPS) is 27.8. The number of sulfone groups is 1. The first-order chi connectivity index (χ1) is 20.5. The number of nitrogens with zero attached hydrogens (tertiary/aromatic N) is 1. The predicted molar refractivity (Wildman–Crippen MR) is 161 cm³/mol. The Morgan fingerprint density at radius 2 is 1.16 bits per heavy atom. The molecule has 4 fully saturated rings. The summed E-state index contributed by atoms with van der Waals surface area (Å²) in [5.41, 5.74) is -6.03. The summed E-state index contributed by atoms with van der Waals surface area (Å²) in [4.78, 5) is 0. The molecule has 0 aromatic rings. The molecular weight excluding hydrogens is 641 g/mol. The molecule has 0 saturated carbocycles. The van der Waals surface area contributed by atoms with Gasteiger partial charge in [-0.3, -0.25) is 0 Å². The number of aliphatic hydroxyl groups excluding tert-OH is 1. The molecule has 3 N–H and O–H groups in total. The first-order valence-corrected chi connectivity index (χ1v) is 21.1. The van der Waals surface area contributed by atoms with Gasteiger partial charge in [0, 0.05) is 64.9 Å². The molecular formula is C27H50N2O12S3. The zero-order valence-corrected chi connectivity index (χ0v) is 28.4. The van der Waals surface area contributed by atoms with E-state index in [1.165, 1.54) is 4.31 Å². The van der Waals surface area contributed by atoms with Gasteiger partial charge < -0.3 is 29.2 Å². The minimum absolute atomic E-state index is 0.118. The molecule has 0 amide bonds. The molecule has 0 radical (unpaired) electrons. The van der Waals surface area contributed by atoms with E-state index in [0.29, 0.717) is 65.0 Å². The number of nitrogens with one attached hydrogen (secondary N) is 1. The van der Waals surface area contributed by atoms with Gasteiger partial charge in [0.1, 0.15) is 11.7 Å². The van der Waals surface area contributed by atoms with Crippen molar-refractivity contribution in [2.24, 2.45) is 23.7 Å². The van der Waals surface area contributed by atoms with Crippen LogP contribution in [0.15, 0.2) is 0 Å². The van der Waals surface area contributed by atoms with Crippen LogP contribution in [0.3, 0.4) is 0 Å². The SMILES string of the molecule is CS(=O)(=O)NC(OC(C1CCOCC1)C(O)S(C)(=O)=O)(C1CCOCC1)C(O)(C1CCOCC1)C1CCN(S(C)(=O)=O)CC1. The van der Waals surface area contributed by atoms with Crippen molar-refractivity contribution in [2.45, 2.75) is 74.2 Å². The number of piperidine rings is 1. The number of sulfonamides is 2. The van der Waals surface area contributed by atoms with E-state index >= 15 is 0 Å². The maximum atomic E-state index is 13.4. The second-order valence-electron chi connectivity index (χ2n) is 12.9. The highest BCUT2D eigenvalue weighted by Gasteiger charge is 2.66. The van der Waals surface area contributed by atoms with E-state index in [-0.39, 0.29) is 39.1 Å². The number of hydrogen-bond donors (Lipinski definition) is 3. The van der Waals surface area contributed by atoms with Crippen LogP contribution in [0.2, 0.25) is 0 Å². The van der Waals surface area contributed by atoms with Crippen molar-refractivity contribution in [1.29, 1.82) is 0 Å². The third kappa shape index (κ3) is 8.14. The molecule has 4 unspecified atom stereocenters. The van der Waals surface area contributed by atoms with Crippen molar-refractivity contribution in [1.82, 2.24) is 9.03 Å². The molecule has 0 aromatic carbocycles. The lowest BCUT2D eigenvalue weighted by atomic mass is 9.60. The van der Waals surface area contributed by atoms with Crippen LogP contribution >= 0.6 is 0 Å². The summed E-state index contributed by atoms with van der Waals surface area (Å²) in [6.45, 7) is 1.99. The van der Waals surface area contributed by atoms with Gasteiger partial charge in [0.2, 0.25) is 20.0 Å². The number of rotatable bonds is 12. The highest BCUT2D eigenvalue weighted by atomic mass is 32.2. The minimum atomic E-state index is -4.13. The van der Waals surface area contributed by atoms with Crippen LogP contribution in [0.5, 0.6) is 0 Å². The Bertz CT molecular complexity index is 1270. The largest absolute Gasteiger partial charge is 0.385 e. The quantitative estimate of drug-likeness (QED) is 0.226. The smallest absolute Gasteiger partial charge is 0.211 e. The monoisotopic (exact) mass is 690 g/mol. The molecule has 17 heteroatoms. The number of ether oxygens (including phenoxy) is 4. The molecule has 4 aliphatic rings. The van der Waals surface area contributed by atoms with Crippen molar-refractivity contribution in [3.8, 4) is 0 Å². The van der Waals surface area contributed by atoms with E-state index in [0.717, 1.165) is 18.8 Å². The van der Waals surface area contributed by atoms with Crippen molar-refractivity contribution in [3.05, 3.63) is 0 Å². The van der Waals surface area contributed by atoms with Gasteiger partial charge in [-0.05, 0) is 69.1 Å². The molecule has 14 nitrogen and oxygen atoms in total. The molecule has 4 saturated heterocycles. The fourth-order valence-corrected chi connectivity index (χ4v) is 10.2. The maximum Gasteiger partial charge on any atom is 0.211 e. The van der Waals surface area contributed by atoms with E-state index in [4.69, 9.17) is 18.9 Å². The predicted octanol–water partition coefficient (Wildman–Crippen LogP) is -0.337. The van der Waals surface area contributed by atoms with E-state index in [1.54, 1.807) is 0 Å². The Balaban J connectivity index is 1.94. The third-order valence-electron chi connectivity index (χ3n) is 9.89. The summed E-state index contributed by atoms with van der Waals surface area (Å²) in [6.07, 6.45) is 4.11. The van der Waals surface area contributed by atoms with E-state index in [9.17, 15) is 35.5 Å². The van der Waals surface area contributed by atoms with Crippen LogP contribution < -0.4 is 4.72 Å². The Kier molecular flexibility index (Phi) is 11.8. The summed E-state index contributed by atoms with van der Waals surface area (Å²) in [7, 11) is -11.7. The van der Waals surface area contributed by atoms with Crippen molar-refractivity contribution >= 4 is 29.9 Å². The molecule has 0 aliphatic carbocycles. The minimum Gasteiger partial charge on any atom is -0.385 e. The Morgan fingerprint density at radius 1 is 0.727 bits per heavy atom. The first kappa shape index (κ1) is 36.4. The standard InChI is InChI=1S/C27H50N2O12S3/c1-42(32,33)25(30)24(20-6-14-38-15-7-20)41-27(28-43(2,34)35,23-10-18-40-19-11-23)26(31,22-8-16-39-17-9-22)21-4-12-29(13-5-21)44(3,36)37/h20-25,28,30-31H,4-19H2,1-3H3. The van der Waals surface area contributed by atoms with Crippen LogP contribution in [0, 0.1) is 23.7 Å². The molecule has 0 spiro atoms. The van der Waals surface area contributed by atoms with E-state index in [2.05, 4.69) is 4.72 Å². The van der Waals surface area contributed by atoms with Gasteiger partial charge in [0.05, 0.1) is 12.5 Å². The fourth-order valence-electron chi connectivity index (χ4n) is 7.68. The van der Waals surface area contributed by atoms with Gasteiger partial charge in [-0.2, -0.15) is 4.72 Å².